The van der Waals surface area contributed by atoms with Crippen molar-refractivity contribution < 1.29 is 4.74 Å². The van der Waals surface area contributed by atoms with E-state index < -0.39 is 0 Å². The van der Waals surface area contributed by atoms with Gasteiger partial charge in [-0.05, 0) is 26.9 Å². The summed E-state index contributed by atoms with van der Waals surface area (Å²) in [6, 6.07) is 0. The third-order valence-corrected chi connectivity index (χ3v) is 1.86. The minimum Gasteiger partial charge on any atom is -0.377 e. The monoisotopic (exact) mass is 189 g/mol. The first-order valence-electron chi connectivity index (χ1n) is 5.58. The van der Waals surface area contributed by atoms with Gasteiger partial charge in [0.2, 0.25) is 0 Å². The molecule has 0 aromatic rings. The van der Waals surface area contributed by atoms with Crippen molar-refractivity contribution in [1.29, 1.82) is 0 Å². The highest BCUT2D eigenvalue weighted by Crippen LogP contribution is 1.95. The van der Waals surface area contributed by atoms with Crippen LogP contribution in [0.3, 0.4) is 0 Å². The number of rotatable bonds is 6. The maximum Gasteiger partial charge on any atom is 0.0673 e. The summed E-state index contributed by atoms with van der Waals surface area (Å²) in [7, 11) is 0. The van der Waals surface area contributed by atoms with Gasteiger partial charge in [0.05, 0.1) is 6.10 Å². The summed E-state index contributed by atoms with van der Waals surface area (Å²) in [4.78, 5) is 2.38. The van der Waals surface area contributed by atoms with E-state index in [1.807, 2.05) is 20.8 Å². The van der Waals surface area contributed by atoms with Gasteiger partial charge < -0.3 is 9.64 Å². The lowest BCUT2D eigenvalue weighted by molar-refractivity contribution is 0.0482. The van der Waals surface area contributed by atoms with E-state index in [1.165, 1.54) is 0 Å². The minimum atomic E-state index is 0.375. The van der Waals surface area contributed by atoms with Crippen LogP contribution < -0.4 is 0 Å². The summed E-state index contributed by atoms with van der Waals surface area (Å²) in [6.45, 7) is 16.6. The first kappa shape index (κ1) is 15.4. The molecule has 0 radical (unpaired) electrons. The summed E-state index contributed by atoms with van der Waals surface area (Å²) < 4.78 is 5.43. The number of likely N-dealkylation sites (N-methyl/N-ethyl adjacent to an activating group) is 1. The van der Waals surface area contributed by atoms with Gasteiger partial charge >= 0.3 is 0 Å². The van der Waals surface area contributed by atoms with E-state index in [9.17, 15) is 0 Å². The van der Waals surface area contributed by atoms with Crippen LogP contribution in [0.2, 0.25) is 0 Å². The fourth-order valence-electron chi connectivity index (χ4n) is 1.18. The molecule has 0 heterocycles. The van der Waals surface area contributed by atoms with Gasteiger partial charge in [-0.25, -0.2) is 0 Å². The molecule has 13 heavy (non-hydrogen) atoms. The van der Waals surface area contributed by atoms with Gasteiger partial charge in [0, 0.05) is 13.2 Å². The number of hydrogen-bond donors (Lipinski definition) is 0. The van der Waals surface area contributed by atoms with Crippen molar-refractivity contribution in [2.45, 2.75) is 47.6 Å². The molecular weight excluding hydrogens is 162 g/mol. The normalized spacial score (nSPS) is 12.2. The average molecular weight is 189 g/mol. The molecule has 0 rings (SSSR count). The Morgan fingerprint density at radius 3 is 1.85 bits per heavy atom. The van der Waals surface area contributed by atoms with E-state index >= 15 is 0 Å². The van der Waals surface area contributed by atoms with Gasteiger partial charge in [0.25, 0.3) is 0 Å². The zero-order chi connectivity index (χ0) is 10.7. The van der Waals surface area contributed by atoms with Crippen LogP contribution in [-0.2, 0) is 4.74 Å². The van der Waals surface area contributed by atoms with Crippen LogP contribution >= 0.6 is 0 Å². The second-order valence-electron chi connectivity index (χ2n) is 2.75. The molecule has 0 aliphatic carbocycles. The molecule has 0 aliphatic heterocycles. The van der Waals surface area contributed by atoms with Gasteiger partial charge in [0.1, 0.15) is 0 Å². The predicted molar refractivity (Wildman–Crippen MR) is 60.2 cm³/mol. The molecule has 0 bridgehead atoms. The van der Waals surface area contributed by atoms with E-state index in [2.05, 4.69) is 25.7 Å². The Labute approximate surface area is 84.3 Å². The van der Waals surface area contributed by atoms with Crippen LogP contribution in [0.5, 0.6) is 0 Å². The molecule has 0 aliphatic rings. The van der Waals surface area contributed by atoms with Gasteiger partial charge in [-0.3, -0.25) is 0 Å². The molecule has 0 aromatic heterocycles. The molecule has 0 saturated heterocycles. The minimum absolute atomic E-state index is 0.375. The van der Waals surface area contributed by atoms with Gasteiger partial charge in [0.15, 0.2) is 0 Å². The SMILES string of the molecule is CC.CCO[C@@H](C)CN(CC)CC. The molecule has 2 heteroatoms. The molecule has 0 spiro atoms. The molecular formula is C11H27NO. The third-order valence-electron chi connectivity index (χ3n) is 1.86. The van der Waals surface area contributed by atoms with Crippen LogP contribution in [0.25, 0.3) is 0 Å². The molecule has 0 amide bonds. The topological polar surface area (TPSA) is 12.5 Å². The molecule has 1 atom stereocenters. The van der Waals surface area contributed by atoms with Crippen LogP contribution in [0.1, 0.15) is 41.5 Å². The van der Waals surface area contributed by atoms with Crippen LogP contribution in [0.15, 0.2) is 0 Å². The molecule has 0 fully saturated rings. The van der Waals surface area contributed by atoms with E-state index in [1.54, 1.807) is 0 Å². The zero-order valence-electron chi connectivity index (χ0n) is 10.3. The summed E-state index contributed by atoms with van der Waals surface area (Å²) in [6.07, 6.45) is 0.375. The fraction of sp³-hybridized carbons (Fsp3) is 1.00. The number of hydrogen-bond acceptors (Lipinski definition) is 2. The summed E-state index contributed by atoms with van der Waals surface area (Å²) >= 11 is 0. The Balaban J connectivity index is 0. The van der Waals surface area contributed by atoms with E-state index in [-0.39, 0.29) is 0 Å². The van der Waals surface area contributed by atoms with Gasteiger partial charge in [-0.1, -0.05) is 27.7 Å². The lowest BCUT2D eigenvalue weighted by Crippen LogP contribution is -2.32. The fourth-order valence-corrected chi connectivity index (χ4v) is 1.18. The van der Waals surface area contributed by atoms with Crippen LogP contribution in [0.4, 0.5) is 0 Å². The number of ether oxygens (including phenoxy) is 1. The molecule has 82 valence electrons. The highest BCUT2D eigenvalue weighted by Gasteiger charge is 2.05. The van der Waals surface area contributed by atoms with Crippen LogP contribution in [0, 0.1) is 0 Å². The maximum atomic E-state index is 5.43. The molecule has 0 unspecified atom stereocenters. The summed E-state index contributed by atoms with van der Waals surface area (Å²) in [5, 5.41) is 0. The van der Waals surface area contributed by atoms with Crippen molar-refractivity contribution in [2.75, 3.05) is 26.2 Å². The van der Waals surface area contributed by atoms with E-state index in [0.717, 1.165) is 26.2 Å². The highest BCUT2D eigenvalue weighted by atomic mass is 16.5. The van der Waals surface area contributed by atoms with Crippen molar-refractivity contribution in [3.63, 3.8) is 0 Å². The smallest absolute Gasteiger partial charge is 0.0673 e. The molecule has 0 aromatic carbocycles. The standard InChI is InChI=1S/C9H21NO.C2H6/c1-5-10(6-2)8-9(4)11-7-3;1-2/h9H,5-8H2,1-4H3;1-2H3/t9-;/m0./s1. The van der Waals surface area contributed by atoms with Crippen molar-refractivity contribution in [3.8, 4) is 0 Å². The lowest BCUT2D eigenvalue weighted by Gasteiger charge is -2.22. The first-order valence-corrected chi connectivity index (χ1v) is 5.58. The van der Waals surface area contributed by atoms with E-state index in [0.29, 0.717) is 6.10 Å². The Bertz CT molecular complexity index is 82.2. The molecule has 0 saturated carbocycles. The Morgan fingerprint density at radius 2 is 1.54 bits per heavy atom. The second kappa shape index (κ2) is 11.9. The summed E-state index contributed by atoms with van der Waals surface area (Å²) in [5.74, 6) is 0. The number of nitrogens with zero attached hydrogens (tertiary/aromatic N) is 1. The third kappa shape index (κ3) is 9.84. The van der Waals surface area contributed by atoms with Crippen molar-refractivity contribution in [3.05, 3.63) is 0 Å². The highest BCUT2D eigenvalue weighted by molar-refractivity contribution is 4.58. The largest absolute Gasteiger partial charge is 0.377 e. The van der Waals surface area contributed by atoms with Gasteiger partial charge in [-0.2, -0.15) is 0 Å². The quantitative estimate of drug-likeness (QED) is 0.637. The van der Waals surface area contributed by atoms with E-state index in [4.69, 9.17) is 4.74 Å². The molecule has 0 N–H and O–H groups in total. The first-order chi connectivity index (χ1) is 6.24. The Kier molecular flexibility index (Phi) is 14.1. The maximum absolute atomic E-state index is 5.43. The Hall–Kier alpha value is -0.0800. The Morgan fingerprint density at radius 1 is 1.08 bits per heavy atom. The molecule has 2 nitrogen and oxygen atoms in total. The summed E-state index contributed by atoms with van der Waals surface area (Å²) in [5.41, 5.74) is 0. The average Bonchev–Trinajstić information content (AvgIpc) is 2.18. The van der Waals surface area contributed by atoms with Crippen molar-refractivity contribution in [1.82, 2.24) is 4.90 Å². The predicted octanol–water partition coefficient (Wildman–Crippen LogP) is 2.78. The van der Waals surface area contributed by atoms with Crippen molar-refractivity contribution >= 4 is 0 Å². The second-order valence-corrected chi connectivity index (χ2v) is 2.75. The van der Waals surface area contributed by atoms with Gasteiger partial charge in [-0.15, -0.1) is 0 Å². The van der Waals surface area contributed by atoms with Crippen molar-refractivity contribution in [2.24, 2.45) is 0 Å². The van der Waals surface area contributed by atoms with Crippen LogP contribution in [-0.4, -0.2) is 37.2 Å². The zero-order valence-corrected chi connectivity index (χ0v) is 10.3. The lowest BCUT2D eigenvalue weighted by atomic mass is 10.3.